The van der Waals surface area contributed by atoms with Gasteiger partial charge in [0.15, 0.2) is 12.4 Å². The van der Waals surface area contributed by atoms with Gasteiger partial charge in [-0.2, -0.15) is 0 Å². The zero-order chi connectivity index (χ0) is 47.3. The van der Waals surface area contributed by atoms with Gasteiger partial charge in [0.25, 0.3) is 7.82 Å². The Bertz CT molecular complexity index is 1480. The molecule has 0 radical (unpaired) electrons. The van der Waals surface area contributed by atoms with E-state index in [1.165, 1.54) is 19.3 Å². The maximum absolute atomic E-state index is 12.8. The number of rotatable bonds is 37. The van der Waals surface area contributed by atoms with Gasteiger partial charge in [0.1, 0.15) is 19.8 Å². The number of esters is 2. The van der Waals surface area contributed by atoms with Crippen molar-refractivity contribution in [2.45, 2.75) is 167 Å². The number of aliphatic hydroxyl groups is 3. The van der Waals surface area contributed by atoms with Gasteiger partial charge in [-0.1, -0.05) is 131 Å². The monoisotopic (exact) mass is 922 g/mol. The van der Waals surface area contributed by atoms with Gasteiger partial charge in [-0.05, 0) is 70.6 Å². The van der Waals surface area contributed by atoms with E-state index in [9.17, 15) is 34.4 Å². The highest BCUT2D eigenvalue weighted by atomic mass is 31.2. The van der Waals surface area contributed by atoms with E-state index in [0.717, 1.165) is 51.4 Å². The number of nitrogens with zero attached hydrogens (tertiary/aromatic N) is 1. The molecule has 0 saturated carbocycles. The summed E-state index contributed by atoms with van der Waals surface area (Å²) in [6, 6.07) is 0. The maximum atomic E-state index is 12.8. The Hall–Kier alpha value is -2.97. The average molecular weight is 922 g/mol. The number of phosphoric acid groups is 1. The molecule has 366 valence electrons. The molecule has 0 spiro atoms. The van der Waals surface area contributed by atoms with Gasteiger partial charge in [0, 0.05) is 25.2 Å². The number of phosphoric ester groups is 1. The lowest BCUT2D eigenvalue weighted by Crippen LogP contribution is -2.43. The number of ether oxygens (including phenoxy) is 3. The standard InChI is InChI=1S/C50H84NO12P/c1-6-8-10-11-12-13-14-15-16-17-18-19-20-21-22-23-24-25-30-34-48(54)59-41-44(42-61-64(57,58)60-39-38-51(3,4)5)62-49(55)35-31-27-26-29-33-45-46(53)40-50(56)63-47(45)37-36-43(52)32-28-9-7-2/h12-13,15-16,18-19,21-22,24-26,29,36-37,43-47,50,52-53,56H,6-11,14,17,20,23,27-28,30-35,38-42H2,1-5H3/b13-12-,16-15-,19-18-,22-21-,25-24-,29-26-,37-36+/t43-,44+,45-,46-,47+,50?/m0/s1. The summed E-state index contributed by atoms with van der Waals surface area (Å²) in [4.78, 5) is 37.8. The topological polar surface area (TPSA) is 181 Å². The Morgan fingerprint density at radius 3 is 1.95 bits per heavy atom. The fourth-order valence-corrected chi connectivity index (χ4v) is 7.11. The van der Waals surface area contributed by atoms with Crippen molar-refractivity contribution in [2.24, 2.45) is 5.92 Å². The second-order valence-electron chi connectivity index (χ2n) is 17.3. The third-order valence-corrected chi connectivity index (χ3v) is 11.2. The second-order valence-corrected chi connectivity index (χ2v) is 18.7. The SMILES string of the molecule is CCCCC/C=C\C/C=C\C/C=C\C/C=C\C/C=C\CCC(=O)OC[C@H](COP(=O)([O-])OCC[N+](C)(C)C)OC(=O)CCC/C=C\C[C@H]1[C@@H](O)CC(O)O[C@@H]1/C=C/[C@@H](O)CCCCC. The fraction of sp³-hybridized carbons (Fsp3) is 0.680. The van der Waals surface area contributed by atoms with Gasteiger partial charge in [0.05, 0.1) is 46.1 Å². The largest absolute Gasteiger partial charge is 0.756 e. The summed E-state index contributed by atoms with van der Waals surface area (Å²) >= 11 is 0. The molecule has 0 bridgehead atoms. The van der Waals surface area contributed by atoms with Gasteiger partial charge in [-0.15, -0.1) is 0 Å². The van der Waals surface area contributed by atoms with Crippen LogP contribution in [0.5, 0.6) is 0 Å². The third kappa shape index (κ3) is 34.4. The molecule has 0 amide bonds. The molecule has 0 aromatic rings. The van der Waals surface area contributed by atoms with Crippen LogP contribution in [-0.4, -0.2) is 110 Å². The van der Waals surface area contributed by atoms with E-state index in [1.54, 1.807) is 12.2 Å². The summed E-state index contributed by atoms with van der Waals surface area (Å²) in [5, 5.41) is 31.0. The normalized spacial score (nSPS) is 20.8. The van der Waals surface area contributed by atoms with Crippen molar-refractivity contribution in [2.75, 3.05) is 47.5 Å². The van der Waals surface area contributed by atoms with Gasteiger partial charge < -0.3 is 48.0 Å². The van der Waals surface area contributed by atoms with E-state index in [1.807, 2.05) is 45.4 Å². The molecule has 64 heavy (non-hydrogen) atoms. The fourth-order valence-electron chi connectivity index (χ4n) is 6.38. The lowest BCUT2D eigenvalue weighted by molar-refractivity contribution is -0.870. The highest BCUT2D eigenvalue weighted by Gasteiger charge is 2.35. The lowest BCUT2D eigenvalue weighted by Gasteiger charge is -2.36. The number of likely N-dealkylation sites (N-methyl/N-ethyl adjacent to an activating group) is 1. The minimum absolute atomic E-state index is 0.0106. The third-order valence-electron chi connectivity index (χ3n) is 10.2. The van der Waals surface area contributed by atoms with Crippen LogP contribution in [0.3, 0.4) is 0 Å². The van der Waals surface area contributed by atoms with Crippen LogP contribution >= 0.6 is 7.82 Å². The second kappa shape index (κ2) is 37.2. The smallest absolute Gasteiger partial charge is 0.306 e. The Balaban J connectivity index is 2.57. The van der Waals surface area contributed by atoms with E-state index in [4.69, 9.17) is 23.3 Å². The summed E-state index contributed by atoms with van der Waals surface area (Å²) in [7, 11) is 0.946. The summed E-state index contributed by atoms with van der Waals surface area (Å²) in [6.45, 7) is 3.67. The molecule has 1 saturated heterocycles. The number of hydrogen-bond donors (Lipinski definition) is 3. The maximum Gasteiger partial charge on any atom is 0.306 e. The quantitative estimate of drug-likeness (QED) is 0.0177. The van der Waals surface area contributed by atoms with Gasteiger partial charge >= 0.3 is 11.9 Å². The van der Waals surface area contributed by atoms with Crippen LogP contribution < -0.4 is 4.89 Å². The molecule has 1 aliphatic rings. The van der Waals surface area contributed by atoms with E-state index in [0.29, 0.717) is 43.1 Å². The summed E-state index contributed by atoms with van der Waals surface area (Å²) in [5.41, 5.74) is 0. The van der Waals surface area contributed by atoms with Crippen molar-refractivity contribution < 1.29 is 62.1 Å². The van der Waals surface area contributed by atoms with E-state index in [2.05, 4.69) is 62.5 Å². The highest BCUT2D eigenvalue weighted by molar-refractivity contribution is 7.45. The molecule has 0 aromatic heterocycles. The van der Waals surface area contributed by atoms with E-state index in [-0.39, 0.29) is 38.4 Å². The minimum Gasteiger partial charge on any atom is -0.756 e. The molecule has 7 atom stereocenters. The zero-order valence-corrected chi connectivity index (χ0v) is 40.6. The Kier molecular flexibility index (Phi) is 34.3. The molecule has 3 N–H and O–H groups in total. The van der Waals surface area contributed by atoms with Gasteiger partial charge in [-0.25, -0.2) is 0 Å². The molecule has 1 fully saturated rings. The summed E-state index contributed by atoms with van der Waals surface area (Å²) in [6.07, 6.45) is 38.2. The van der Waals surface area contributed by atoms with Crippen LogP contribution in [0.25, 0.3) is 0 Å². The molecule has 1 aliphatic heterocycles. The van der Waals surface area contributed by atoms with Crippen LogP contribution in [0.1, 0.15) is 136 Å². The molecule has 1 rings (SSSR count). The van der Waals surface area contributed by atoms with Crippen LogP contribution in [0, 0.1) is 5.92 Å². The zero-order valence-electron chi connectivity index (χ0n) is 39.7. The van der Waals surface area contributed by atoms with Gasteiger partial charge in [-0.3, -0.25) is 14.2 Å². The Labute approximate surface area is 385 Å². The predicted molar refractivity (Wildman–Crippen MR) is 253 cm³/mol. The minimum atomic E-state index is -4.73. The van der Waals surface area contributed by atoms with E-state index >= 15 is 0 Å². The first-order chi connectivity index (χ1) is 30.7. The summed E-state index contributed by atoms with van der Waals surface area (Å²) in [5.74, 6) is -1.47. The lowest BCUT2D eigenvalue weighted by atomic mass is 9.87. The van der Waals surface area contributed by atoms with Crippen molar-refractivity contribution in [3.8, 4) is 0 Å². The number of quaternary nitrogens is 1. The molecule has 13 nitrogen and oxygen atoms in total. The van der Waals surface area contributed by atoms with Crippen LogP contribution in [-0.2, 0) is 37.4 Å². The molecule has 14 heteroatoms. The summed E-state index contributed by atoms with van der Waals surface area (Å²) < 4.78 is 39.5. The molecular weight excluding hydrogens is 838 g/mol. The van der Waals surface area contributed by atoms with Crippen molar-refractivity contribution in [1.82, 2.24) is 0 Å². The number of unbranched alkanes of at least 4 members (excludes halogenated alkanes) is 6. The van der Waals surface area contributed by atoms with Crippen LogP contribution in [0.2, 0.25) is 0 Å². The van der Waals surface area contributed by atoms with Gasteiger partial charge in [0.2, 0.25) is 0 Å². The predicted octanol–water partition coefficient (Wildman–Crippen LogP) is 9.05. The molecule has 2 unspecified atom stereocenters. The number of carbonyl (C=O) groups is 2. The van der Waals surface area contributed by atoms with Crippen molar-refractivity contribution >= 4 is 19.8 Å². The first-order valence-corrected chi connectivity index (χ1v) is 25.1. The number of hydrogen-bond acceptors (Lipinski definition) is 12. The Morgan fingerprint density at radius 1 is 0.750 bits per heavy atom. The van der Waals surface area contributed by atoms with Crippen molar-refractivity contribution in [3.63, 3.8) is 0 Å². The number of carbonyl (C=O) groups excluding carboxylic acids is 2. The number of aliphatic hydroxyl groups excluding tert-OH is 3. The van der Waals surface area contributed by atoms with Crippen LogP contribution in [0.15, 0.2) is 85.1 Å². The average Bonchev–Trinajstić information content (AvgIpc) is 3.23. The first kappa shape index (κ1) is 59.0. The molecular formula is C50H84NO12P. The number of allylic oxidation sites excluding steroid dienone is 12. The van der Waals surface area contributed by atoms with Crippen molar-refractivity contribution in [3.05, 3.63) is 85.1 Å². The molecule has 0 aliphatic carbocycles. The molecule has 1 heterocycles. The van der Waals surface area contributed by atoms with Crippen LogP contribution in [0.4, 0.5) is 0 Å². The van der Waals surface area contributed by atoms with Crippen molar-refractivity contribution in [1.29, 1.82) is 0 Å². The highest BCUT2D eigenvalue weighted by Crippen LogP contribution is 2.38. The first-order valence-electron chi connectivity index (χ1n) is 23.7. The van der Waals surface area contributed by atoms with E-state index < -0.39 is 57.1 Å². The Morgan fingerprint density at radius 2 is 1.33 bits per heavy atom. The molecule has 0 aromatic carbocycles.